The monoisotopic (exact) mass is 347 g/mol. The number of nitrogens with one attached hydrogen (secondary N) is 1. The van der Waals surface area contributed by atoms with Crippen molar-refractivity contribution in [3.05, 3.63) is 89.3 Å². The molecule has 1 N–H and O–H groups in total. The van der Waals surface area contributed by atoms with E-state index in [1.165, 1.54) is 6.07 Å². The fourth-order valence-electron chi connectivity index (χ4n) is 2.60. The van der Waals surface area contributed by atoms with E-state index < -0.39 is 0 Å². The van der Waals surface area contributed by atoms with Gasteiger partial charge in [-0.3, -0.25) is 4.79 Å². The summed E-state index contributed by atoms with van der Waals surface area (Å²) in [6, 6.07) is 20.8. The first-order valence-corrected chi connectivity index (χ1v) is 8.21. The van der Waals surface area contributed by atoms with Crippen LogP contribution in [-0.2, 0) is 0 Å². The molecular weight excluding hydrogens is 332 g/mol. The molecule has 2 aromatic heterocycles. The molecule has 6 heteroatoms. The van der Waals surface area contributed by atoms with Gasteiger partial charge in [-0.05, 0) is 18.2 Å². The average molecular weight is 347 g/mol. The van der Waals surface area contributed by atoms with E-state index >= 15 is 0 Å². The molecule has 0 atom stereocenters. The summed E-state index contributed by atoms with van der Waals surface area (Å²) in [4.78, 5) is 13.1. The molecule has 0 bridgehead atoms. The lowest BCUT2D eigenvalue weighted by atomic mass is 10.3. The van der Waals surface area contributed by atoms with Crippen molar-refractivity contribution in [2.75, 3.05) is 0 Å². The van der Waals surface area contributed by atoms with Gasteiger partial charge in [0.25, 0.3) is 0 Å². The maximum Gasteiger partial charge on any atom is 0.235 e. The quantitative estimate of drug-likeness (QED) is 0.442. The number of aromatic amines is 1. The molecule has 2 aromatic carbocycles. The number of para-hydroxylation sites is 1. The van der Waals surface area contributed by atoms with Crippen molar-refractivity contribution in [3.8, 4) is 22.8 Å². The third kappa shape index (κ3) is 3.12. The van der Waals surface area contributed by atoms with Gasteiger partial charge in [0.15, 0.2) is 5.69 Å². The van der Waals surface area contributed by atoms with Crippen LogP contribution in [0.15, 0.2) is 88.8 Å². The second-order valence-corrected chi connectivity index (χ2v) is 6.06. The molecule has 0 amide bonds. The van der Waals surface area contributed by atoms with Crippen LogP contribution in [0.1, 0.15) is 0 Å². The predicted octanol–water partition coefficient (Wildman–Crippen LogP) is 2.79. The van der Waals surface area contributed by atoms with Crippen LogP contribution in [0.3, 0.4) is 0 Å². The Morgan fingerprint density at radius 2 is 1.84 bits per heavy atom. The lowest BCUT2D eigenvalue weighted by Crippen LogP contribution is -2.31. The molecule has 4 aromatic rings. The fourth-order valence-corrected chi connectivity index (χ4v) is 2.82. The first-order valence-electron chi connectivity index (χ1n) is 7.76. The number of hydrogen-bond acceptors (Lipinski definition) is 3. The summed E-state index contributed by atoms with van der Waals surface area (Å²) in [5.41, 5.74) is 2.70. The highest BCUT2D eigenvalue weighted by molar-refractivity contribution is 7.80. The van der Waals surface area contributed by atoms with Gasteiger partial charge in [0.1, 0.15) is 5.69 Å². The Balaban J connectivity index is 1.77. The minimum atomic E-state index is -0.139. The molecule has 0 fully saturated rings. The maximum atomic E-state index is 12.3. The van der Waals surface area contributed by atoms with E-state index in [0.29, 0.717) is 11.4 Å². The van der Waals surface area contributed by atoms with E-state index in [2.05, 4.69) is 22.8 Å². The van der Waals surface area contributed by atoms with Crippen LogP contribution in [0.25, 0.3) is 22.8 Å². The smallest absolute Gasteiger partial charge is 0.235 e. The van der Waals surface area contributed by atoms with Crippen molar-refractivity contribution < 1.29 is 4.68 Å². The maximum absolute atomic E-state index is 12.3. The van der Waals surface area contributed by atoms with Gasteiger partial charge in [0.2, 0.25) is 17.3 Å². The van der Waals surface area contributed by atoms with Crippen molar-refractivity contribution in [2.45, 2.75) is 4.90 Å². The van der Waals surface area contributed by atoms with Gasteiger partial charge in [-0.1, -0.05) is 28.9 Å². The van der Waals surface area contributed by atoms with Crippen LogP contribution in [0.2, 0.25) is 0 Å². The van der Waals surface area contributed by atoms with Crippen molar-refractivity contribution in [2.24, 2.45) is 0 Å². The number of nitrogens with zero attached hydrogens (tertiary/aromatic N) is 3. The van der Waals surface area contributed by atoms with Crippen molar-refractivity contribution in [1.82, 2.24) is 14.9 Å². The van der Waals surface area contributed by atoms with E-state index in [4.69, 9.17) is 0 Å². The summed E-state index contributed by atoms with van der Waals surface area (Å²) in [5.74, 6) is 0. The molecule has 122 valence electrons. The van der Waals surface area contributed by atoms with Crippen molar-refractivity contribution in [1.29, 1.82) is 0 Å². The third-order valence-electron chi connectivity index (χ3n) is 3.82. The van der Waals surface area contributed by atoms with Gasteiger partial charge in [0, 0.05) is 35.4 Å². The third-order valence-corrected chi connectivity index (χ3v) is 4.10. The standard InChI is InChI=1S/C19H14N4OS/c24-18-10-12-23(15-7-4-8-16(25)13-15)21-19(18)17-9-11-22(20-17)14-5-2-1-3-6-14/h1-13,25H/p+1. The van der Waals surface area contributed by atoms with E-state index in [1.54, 1.807) is 10.9 Å². The van der Waals surface area contributed by atoms with Crippen LogP contribution in [0.4, 0.5) is 0 Å². The molecule has 0 saturated carbocycles. The summed E-state index contributed by atoms with van der Waals surface area (Å²) in [5, 5.41) is 7.69. The average Bonchev–Trinajstić information content (AvgIpc) is 3.13. The van der Waals surface area contributed by atoms with Gasteiger partial charge >= 0.3 is 0 Å². The molecule has 0 aliphatic rings. The topological polar surface area (TPSA) is 54.6 Å². The molecule has 4 rings (SSSR count). The largest absolute Gasteiger partial charge is 0.287 e. The molecule has 0 aliphatic heterocycles. The lowest BCUT2D eigenvalue weighted by molar-refractivity contribution is -0.654. The molecule has 0 radical (unpaired) electrons. The van der Waals surface area contributed by atoms with Crippen LogP contribution in [0, 0.1) is 0 Å². The Labute approximate surface area is 149 Å². The number of hydrogen-bond donors (Lipinski definition) is 2. The molecule has 5 nitrogen and oxygen atoms in total. The van der Waals surface area contributed by atoms with Crippen LogP contribution >= 0.6 is 12.6 Å². The van der Waals surface area contributed by atoms with Crippen LogP contribution in [0.5, 0.6) is 0 Å². The first-order chi connectivity index (χ1) is 12.2. The Bertz CT molecular complexity index is 1090. The normalized spacial score (nSPS) is 10.8. The molecule has 0 unspecified atom stereocenters. The van der Waals surface area contributed by atoms with Crippen molar-refractivity contribution >= 4 is 12.6 Å². The van der Waals surface area contributed by atoms with E-state index in [1.807, 2.05) is 71.5 Å². The van der Waals surface area contributed by atoms with Gasteiger partial charge in [0.05, 0.1) is 5.69 Å². The molecule has 2 heterocycles. The SMILES string of the molecule is O=c1ccn(-c2cccc(S)c2)nc1-c1cc[n+](-c2ccccc2)[nH]1. The predicted molar refractivity (Wildman–Crippen MR) is 98.4 cm³/mol. The Morgan fingerprint density at radius 1 is 1.00 bits per heavy atom. The highest BCUT2D eigenvalue weighted by Gasteiger charge is 2.14. The Hall–Kier alpha value is -3.12. The number of thiol groups is 1. The minimum absolute atomic E-state index is 0.139. The van der Waals surface area contributed by atoms with Crippen LogP contribution in [-0.4, -0.2) is 14.9 Å². The molecular formula is C19H15N4OS+. The zero-order chi connectivity index (χ0) is 17.2. The van der Waals surface area contributed by atoms with Gasteiger partial charge in [-0.15, -0.1) is 12.6 Å². The Kier molecular flexibility index (Phi) is 3.95. The van der Waals surface area contributed by atoms with Gasteiger partial charge in [-0.25, -0.2) is 4.68 Å². The van der Waals surface area contributed by atoms with Crippen LogP contribution < -0.4 is 10.1 Å². The molecule has 0 spiro atoms. The molecule has 0 aliphatic carbocycles. The zero-order valence-electron chi connectivity index (χ0n) is 13.2. The van der Waals surface area contributed by atoms with Gasteiger partial charge in [-0.2, -0.15) is 10.2 Å². The summed E-state index contributed by atoms with van der Waals surface area (Å²) >= 11 is 4.35. The lowest BCUT2D eigenvalue weighted by Gasteiger charge is -2.06. The summed E-state index contributed by atoms with van der Waals surface area (Å²) in [6.45, 7) is 0. The highest BCUT2D eigenvalue weighted by atomic mass is 32.1. The van der Waals surface area contributed by atoms with E-state index in [-0.39, 0.29) is 5.43 Å². The fraction of sp³-hybridized carbons (Fsp3) is 0. The minimum Gasteiger partial charge on any atom is -0.287 e. The number of aromatic nitrogens is 4. The number of benzene rings is 2. The zero-order valence-corrected chi connectivity index (χ0v) is 14.1. The second-order valence-electron chi connectivity index (χ2n) is 5.54. The Morgan fingerprint density at radius 3 is 2.64 bits per heavy atom. The van der Waals surface area contributed by atoms with E-state index in [0.717, 1.165) is 16.3 Å². The summed E-state index contributed by atoms with van der Waals surface area (Å²) < 4.78 is 3.52. The molecule has 0 saturated heterocycles. The summed E-state index contributed by atoms with van der Waals surface area (Å²) in [7, 11) is 0. The van der Waals surface area contributed by atoms with Gasteiger partial charge < -0.3 is 0 Å². The first kappa shape index (κ1) is 15.4. The number of H-pyrrole nitrogens is 1. The summed E-state index contributed by atoms with van der Waals surface area (Å²) in [6.07, 6.45) is 3.53. The highest BCUT2D eigenvalue weighted by Crippen LogP contribution is 2.14. The second kappa shape index (κ2) is 6.41. The van der Waals surface area contributed by atoms with Crippen molar-refractivity contribution in [3.63, 3.8) is 0 Å². The number of rotatable bonds is 3. The van der Waals surface area contributed by atoms with E-state index in [9.17, 15) is 4.79 Å². The molecule has 25 heavy (non-hydrogen) atoms.